The van der Waals surface area contributed by atoms with Gasteiger partial charge in [0, 0.05) is 45.5 Å². The summed E-state index contributed by atoms with van der Waals surface area (Å²) in [7, 11) is 0. The number of nitrogens with zero attached hydrogens (tertiary/aromatic N) is 5. The van der Waals surface area contributed by atoms with Gasteiger partial charge in [-0.2, -0.15) is 0 Å². The topological polar surface area (TPSA) is 95.7 Å². The molecule has 2 aliphatic heterocycles. The van der Waals surface area contributed by atoms with E-state index in [-0.39, 0.29) is 17.8 Å². The molecule has 0 aromatic carbocycles. The van der Waals surface area contributed by atoms with E-state index in [0.29, 0.717) is 44.0 Å². The Labute approximate surface area is 148 Å². The molecule has 2 fully saturated rings. The summed E-state index contributed by atoms with van der Waals surface area (Å²) in [5.41, 5.74) is 6.63. The Morgan fingerprint density at radius 2 is 1.72 bits per heavy atom. The van der Waals surface area contributed by atoms with Crippen LogP contribution in [0.15, 0.2) is 6.20 Å². The van der Waals surface area contributed by atoms with E-state index < -0.39 is 0 Å². The molecule has 1 aromatic rings. The SMILES string of the molecule is Cc1nc(N)ncc1C(=O)N1CCN(CC(=O)N2CCCCC2)CC1. The Hall–Kier alpha value is -2.22. The number of nitrogen functional groups attached to an aromatic ring is 1. The molecule has 136 valence electrons. The smallest absolute Gasteiger partial charge is 0.257 e. The number of nitrogens with two attached hydrogens (primary N) is 1. The van der Waals surface area contributed by atoms with Gasteiger partial charge in [-0.15, -0.1) is 0 Å². The molecule has 0 atom stereocenters. The maximum absolute atomic E-state index is 12.6. The first-order valence-electron chi connectivity index (χ1n) is 8.93. The maximum Gasteiger partial charge on any atom is 0.257 e. The normalized spacial score (nSPS) is 19.1. The van der Waals surface area contributed by atoms with E-state index in [1.54, 1.807) is 11.8 Å². The summed E-state index contributed by atoms with van der Waals surface area (Å²) in [6.07, 6.45) is 4.93. The van der Waals surface area contributed by atoms with E-state index in [1.165, 1.54) is 12.6 Å². The molecule has 25 heavy (non-hydrogen) atoms. The van der Waals surface area contributed by atoms with Crippen molar-refractivity contribution >= 4 is 17.8 Å². The van der Waals surface area contributed by atoms with Crippen LogP contribution in [-0.4, -0.2) is 82.3 Å². The van der Waals surface area contributed by atoms with Crippen LogP contribution in [-0.2, 0) is 4.79 Å². The van der Waals surface area contributed by atoms with Crippen molar-refractivity contribution in [2.45, 2.75) is 26.2 Å². The van der Waals surface area contributed by atoms with Gasteiger partial charge >= 0.3 is 0 Å². The number of likely N-dealkylation sites (tertiary alicyclic amines) is 1. The summed E-state index contributed by atoms with van der Waals surface area (Å²) in [6, 6.07) is 0. The average Bonchev–Trinajstić information content (AvgIpc) is 2.62. The number of amides is 2. The van der Waals surface area contributed by atoms with Crippen LogP contribution in [0.1, 0.15) is 35.3 Å². The van der Waals surface area contributed by atoms with Crippen LogP contribution in [0.2, 0.25) is 0 Å². The quantitative estimate of drug-likeness (QED) is 0.836. The van der Waals surface area contributed by atoms with Crippen molar-refractivity contribution < 1.29 is 9.59 Å². The molecule has 2 aliphatic rings. The number of hydrogen-bond donors (Lipinski definition) is 1. The van der Waals surface area contributed by atoms with Crippen LogP contribution in [0.25, 0.3) is 0 Å². The molecule has 8 nitrogen and oxygen atoms in total. The number of hydrogen-bond acceptors (Lipinski definition) is 6. The van der Waals surface area contributed by atoms with Crippen molar-refractivity contribution in [1.29, 1.82) is 0 Å². The zero-order chi connectivity index (χ0) is 17.8. The molecule has 2 amide bonds. The van der Waals surface area contributed by atoms with E-state index in [0.717, 1.165) is 25.9 Å². The number of aromatic nitrogens is 2. The van der Waals surface area contributed by atoms with Gasteiger partial charge in [0.1, 0.15) is 0 Å². The van der Waals surface area contributed by atoms with Gasteiger partial charge in [-0.3, -0.25) is 14.5 Å². The molecule has 1 aromatic heterocycles. The third-order valence-electron chi connectivity index (χ3n) is 4.96. The van der Waals surface area contributed by atoms with Crippen molar-refractivity contribution in [2.24, 2.45) is 0 Å². The van der Waals surface area contributed by atoms with Crippen LogP contribution in [0.3, 0.4) is 0 Å². The number of rotatable bonds is 3. The second-order valence-corrected chi connectivity index (χ2v) is 6.74. The number of piperazine rings is 1. The largest absolute Gasteiger partial charge is 0.368 e. The molecule has 3 heterocycles. The fourth-order valence-corrected chi connectivity index (χ4v) is 3.41. The van der Waals surface area contributed by atoms with Crippen molar-refractivity contribution in [2.75, 3.05) is 51.5 Å². The molecule has 0 aliphatic carbocycles. The van der Waals surface area contributed by atoms with E-state index in [1.807, 2.05) is 4.90 Å². The summed E-state index contributed by atoms with van der Waals surface area (Å²) in [6.45, 7) is 6.61. The predicted molar refractivity (Wildman–Crippen MR) is 94.0 cm³/mol. The first kappa shape index (κ1) is 17.6. The van der Waals surface area contributed by atoms with Crippen LogP contribution in [0.5, 0.6) is 0 Å². The van der Waals surface area contributed by atoms with Crippen molar-refractivity contribution in [3.05, 3.63) is 17.5 Å². The predicted octanol–water partition coefficient (Wildman–Crippen LogP) is 0.138. The minimum Gasteiger partial charge on any atom is -0.368 e. The van der Waals surface area contributed by atoms with E-state index in [2.05, 4.69) is 14.9 Å². The van der Waals surface area contributed by atoms with Gasteiger partial charge in [-0.25, -0.2) is 9.97 Å². The number of carbonyl (C=O) groups is 2. The third kappa shape index (κ3) is 4.25. The van der Waals surface area contributed by atoms with Gasteiger partial charge in [0.25, 0.3) is 5.91 Å². The lowest BCUT2D eigenvalue weighted by Gasteiger charge is -2.36. The van der Waals surface area contributed by atoms with Gasteiger partial charge < -0.3 is 15.5 Å². The molecular weight excluding hydrogens is 320 g/mol. The highest BCUT2D eigenvalue weighted by Gasteiger charge is 2.26. The molecule has 2 N–H and O–H groups in total. The van der Waals surface area contributed by atoms with E-state index in [9.17, 15) is 9.59 Å². The monoisotopic (exact) mass is 346 g/mol. The fourth-order valence-electron chi connectivity index (χ4n) is 3.41. The minimum absolute atomic E-state index is 0.0699. The Balaban J connectivity index is 1.51. The number of piperidine rings is 1. The number of carbonyl (C=O) groups excluding carboxylic acids is 2. The highest BCUT2D eigenvalue weighted by atomic mass is 16.2. The summed E-state index contributed by atoms with van der Waals surface area (Å²) >= 11 is 0. The molecule has 3 rings (SSSR count). The summed E-state index contributed by atoms with van der Waals surface area (Å²) in [5.74, 6) is 0.317. The molecule has 2 saturated heterocycles. The van der Waals surface area contributed by atoms with Crippen LogP contribution < -0.4 is 5.73 Å². The fraction of sp³-hybridized carbons (Fsp3) is 0.647. The van der Waals surface area contributed by atoms with Crippen molar-refractivity contribution in [3.8, 4) is 0 Å². The highest BCUT2D eigenvalue weighted by molar-refractivity contribution is 5.95. The lowest BCUT2D eigenvalue weighted by Crippen LogP contribution is -2.52. The third-order valence-corrected chi connectivity index (χ3v) is 4.96. The summed E-state index contributed by atoms with van der Waals surface area (Å²) < 4.78 is 0. The van der Waals surface area contributed by atoms with Gasteiger partial charge in [0.15, 0.2) is 0 Å². The van der Waals surface area contributed by atoms with Crippen molar-refractivity contribution in [3.63, 3.8) is 0 Å². The first-order chi connectivity index (χ1) is 12.0. The molecule has 0 unspecified atom stereocenters. The minimum atomic E-state index is -0.0699. The second-order valence-electron chi connectivity index (χ2n) is 6.74. The first-order valence-corrected chi connectivity index (χ1v) is 8.93. The number of aryl methyl sites for hydroxylation is 1. The molecule has 0 spiro atoms. The van der Waals surface area contributed by atoms with Crippen LogP contribution in [0.4, 0.5) is 5.95 Å². The highest BCUT2D eigenvalue weighted by Crippen LogP contribution is 2.13. The van der Waals surface area contributed by atoms with Crippen LogP contribution >= 0.6 is 0 Å². The van der Waals surface area contributed by atoms with Gasteiger partial charge in [-0.05, 0) is 26.2 Å². The average molecular weight is 346 g/mol. The second kappa shape index (κ2) is 7.77. The van der Waals surface area contributed by atoms with E-state index >= 15 is 0 Å². The Morgan fingerprint density at radius 3 is 2.36 bits per heavy atom. The summed E-state index contributed by atoms with van der Waals surface area (Å²) in [5, 5.41) is 0. The molecule has 0 saturated carbocycles. The van der Waals surface area contributed by atoms with Gasteiger partial charge in [0.05, 0.1) is 17.8 Å². The maximum atomic E-state index is 12.6. The number of anilines is 1. The zero-order valence-electron chi connectivity index (χ0n) is 14.8. The lowest BCUT2D eigenvalue weighted by molar-refractivity contribution is -0.133. The van der Waals surface area contributed by atoms with Crippen LogP contribution in [0, 0.1) is 6.92 Å². The van der Waals surface area contributed by atoms with E-state index in [4.69, 9.17) is 5.73 Å². The lowest BCUT2D eigenvalue weighted by atomic mass is 10.1. The Kier molecular flexibility index (Phi) is 5.47. The molecule has 8 heteroatoms. The molecule has 0 radical (unpaired) electrons. The summed E-state index contributed by atoms with van der Waals surface area (Å²) in [4.78, 5) is 38.8. The zero-order valence-corrected chi connectivity index (χ0v) is 14.8. The Morgan fingerprint density at radius 1 is 1.04 bits per heavy atom. The molecule has 0 bridgehead atoms. The standard InChI is InChI=1S/C17H26N6O2/c1-13-14(11-19-17(18)20-13)16(25)23-9-7-21(8-10-23)12-15(24)22-5-3-2-4-6-22/h11H,2-10,12H2,1H3,(H2,18,19,20). The molecular formula is C17H26N6O2. The Bertz CT molecular complexity index is 636. The van der Waals surface area contributed by atoms with Gasteiger partial charge in [0.2, 0.25) is 11.9 Å². The van der Waals surface area contributed by atoms with Gasteiger partial charge in [-0.1, -0.05) is 0 Å². The van der Waals surface area contributed by atoms with Crippen molar-refractivity contribution in [1.82, 2.24) is 24.7 Å².